The van der Waals surface area contributed by atoms with E-state index in [9.17, 15) is 9.59 Å². The lowest BCUT2D eigenvalue weighted by Gasteiger charge is -2.22. The predicted octanol–water partition coefficient (Wildman–Crippen LogP) is 2.63. The molecule has 0 bridgehead atoms. The summed E-state index contributed by atoms with van der Waals surface area (Å²) < 4.78 is 1.81. The molecule has 1 atom stereocenters. The van der Waals surface area contributed by atoms with Gasteiger partial charge in [-0.15, -0.1) is 0 Å². The molecule has 1 aliphatic rings. The van der Waals surface area contributed by atoms with Crippen molar-refractivity contribution in [3.8, 4) is 5.69 Å². The Labute approximate surface area is 164 Å². The van der Waals surface area contributed by atoms with Gasteiger partial charge in [0.25, 0.3) is 0 Å². The number of aromatic nitrogens is 2. The number of likely N-dealkylation sites (tertiary alicyclic amines) is 1. The lowest BCUT2D eigenvalue weighted by atomic mass is 10.2. The molecule has 28 heavy (non-hydrogen) atoms. The first-order chi connectivity index (χ1) is 13.6. The van der Waals surface area contributed by atoms with Gasteiger partial charge >= 0.3 is 0 Å². The largest absolute Gasteiger partial charge is 0.290 e. The lowest BCUT2D eigenvalue weighted by Crippen LogP contribution is -2.39. The molecule has 2 aromatic carbocycles. The number of para-hydroxylation sites is 1. The van der Waals surface area contributed by atoms with Crippen molar-refractivity contribution in [2.24, 2.45) is 0 Å². The number of likely N-dealkylation sites (N-methyl/N-ethyl adjacent to an activating group) is 1. The molecule has 2 amide bonds. The van der Waals surface area contributed by atoms with Crippen LogP contribution in [-0.2, 0) is 22.7 Å². The number of carbonyl (C=O) groups is 2. The highest BCUT2D eigenvalue weighted by atomic mass is 16.2. The molecule has 142 valence electrons. The summed E-state index contributed by atoms with van der Waals surface area (Å²) in [5, 5.41) is 4.40. The Bertz CT molecular complexity index is 968. The maximum absolute atomic E-state index is 12.8. The van der Waals surface area contributed by atoms with Gasteiger partial charge in [-0.2, -0.15) is 5.10 Å². The first-order valence-electron chi connectivity index (χ1n) is 9.29. The van der Waals surface area contributed by atoms with Crippen LogP contribution >= 0.6 is 0 Å². The van der Waals surface area contributed by atoms with Crippen molar-refractivity contribution in [1.82, 2.24) is 19.6 Å². The molecule has 6 heteroatoms. The van der Waals surface area contributed by atoms with E-state index >= 15 is 0 Å². The summed E-state index contributed by atoms with van der Waals surface area (Å²) in [7, 11) is 1.88. The molecule has 1 aliphatic heterocycles. The van der Waals surface area contributed by atoms with Crippen molar-refractivity contribution in [3.63, 3.8) is 0 Å². The van der Waals surface area contributed by atoms with Crippen LogP contribution in [0.25, 0.3) is 5.69 Å². The van der Waals surface area contributed by atoms with Crippen LogP contribution in [0, 0.1) is 0 Å². The number of amides is 2. The Morgan fingerprint density at radius 2 is 1.68 bits per heavy atom. The van der Waals surface area contributed by atoms with Crippen LogP contribution in [0.1, 0.15) is 17.5 Å². The van der Waals surface area contributed by atoms with Crippen molar-refractivity contribution in [2.45, 2.75) is 25.6 Å². The molecule has 0 radical (unpaired) electrons. The molecule has 1 fully saturated rings. The summed E-state index contributed by atoms with van der Waals surface area (Å²) in [6, 6.07) is 19.0. The third-order valence-electron chi connectivity index (χ3n) is 5.02. The van der Waals surface area contributed by atoms with E-state index in [0.717, 1.165) is 16.8 Å². The summed E-state index contributed by atoms with van der Waals surface area (Å²) in [4.78, 5) is 28.5. The van der Waals surface area contributed by atoms with Gasteiger partial charge < -0.3 is 0 Å². The average Bonchev–Trinajstić information content (AvgIpc) is 3.29. The van der Waals surface area contributed by atoms with E-state index in [1.165, 1.54) is 4.90 Å². The number of carbonyl (C=O) groups excluding carboxylic acids is 2. The number of benzene rings is 2. The van der Waals surface area contributed by atoms with Gasteiger partial charge in [-0.1, -0.05) is 48.5 Å². The van der Waals surface area contributed by atoms with Gasteiger partial charge in [-0.3, -0.25) is 19.4 Å². The van der Waals surface area contributed by atoms with Gasteiger partial charge in [0.1, 0.15) is 0 Å². The van der Waals surface area contributed by atoms with Crippen LogP contribution < -0.4 is 0 Å². The fourth-order valence-electron chi connectivity index (χ4n) is 3.50. The first-order valence-corrected chi connectivity index (χ1v) is 9.29. The van der Waals surface area contributed by atoms with Crippen LogP contribution in [0.4, 0.5) is 0 Å². The van der Waals surface area contributed by atoms with E-state index in [-0.39, 0.29) is 18.2 Å². The molecule has 3 aromatic rings. The number of rotatable bonds is 6. The van der Waals surface area contributed by atoms with Gasteiger partial charge in [0, 0.05) is 18.3 Å². The fraction of sp³-hybridized carbons (Fsp3) is 0.227. The van der Waals surface area contributed by atoms with Crippen LogP contribution in [0.2, 0.25) is 0 Å². The Balaban J connectivity index is 1.42. The summed E-state index contributed by atoms with van der Waals surface area (Å²) in [6.45, 7) is 0.879. The Morgan fingerprint density at radius 3 is 2.39 bits per heavy atom. The van der Waals surface area contributed by atoms with Crippen LogP contribution in [0.5, 0.6) is 0 Å². The van der Waals surface area contributed by atoms with Gasteiger partial charge in [-0.25, -0.2) is 4.68 Å². The molecule has 1 saturated heterocycles. The standard InChI is InChI=1S/C22H22N4O2/c1-24(14-18-13-23-26(16-18)19-10-6-3-7-11-19)20-12-21(27)25(22(20)28)15-17-8-4-2-5-9-17/h2-11,13,16,20H,12,14-15H2,1H3/t20-/m1/s1. The topological polar surface area (TPSA) is 58.4 Å². The number of hydrogen-bond donors (Lipinski definition) is 0. The van der Waals surface area contributed by atoms with Crippen LogP contribution in [0.3, 0.4) is 0 Å². The van der Waals surface area contributed by atoms with Crippen molar-refractivity contribution >= 4 is 11.8 Å². The van der Waals surface area contributed by atoms with Crippen molar-refractivity contribution < 1.29 is 9.59 Å². The van der Waals surface area contributed by atoms with Crippen molar-refractivity contribution in [1.29, 1.82) is 0 Å². The van der Waals surface area contributed by atoms with E-state index in [2.05, 4.69) is 5.10 Å². The third-order valence-corrected chi connectivity index (χ3v) is 5.02. The van der Waals surface area contributed by atoms with Crippen LogP contribution in [0.15, 0.2) is 73.1 Å². The van der Waals surface area contributed by atoms with Crippen molar-refractivity contribution in [3.05, 3.63) is 84.2 Å². The zero-order valence-electron chi connectivity index (χ0n) is 15.7. The van der Waals surface area contributed by atoms with E-state index in [1.807, 2.05) is 83.5 Å². The predicted molar refractivity (Wildman–Crippen MR) is 105 cm³/mol. The summed E-state index contributed by atoms with van der Waals surface area (Å²) in [5.74, 6) is -0.252. The lowest BCUT2D eigenvalue weighted by molar-refractivity contribution is -0.140. The zero-order valence-corrected chi connectivity index (χ0v) is 15.7. The molecule has 0 spiro atoms. The second kappa shape index (κ2) is 7.78. The van der Waals surface area contributed by atoms with Crippen LogP contribution in [-0.4, -0.2) is 44.5 Å². The van der Waals surface area contributed by atoms with Gasteiger partial charge in [0.2, 0.25) is 11.8 Å². The van der Waals surface area contributed by atoms with Gasteiger partial charge in [-0.05, 0) is 24.7 Å². The minimum atomic E-state index is -0.434. The van der Waals surface area contributed by atoms with E-state index in [0.29, 0.717) is 13.1 Å². The monoisotopic (exact) mass is 374 g/mol. The molecular weight excluding hydrogens is 352 g/mol. The second-order valence-corrected chi connectivity index (χ2v) is 7.07. The van der Waals surface area contributed by atoms with E-state index < -0.39 is 6.04 Å². The average molecular weight is 374 g/mol. The van der Waals surface area contributed by atoms with E-state index in [4.69, 9.17) is 0 Å². The zero-order chi connectivity index (χ0) is 19.5. The Morgan fingerprint density at radius 1 is 1.00 bits per heavy atom. The quantitative estimate of drug-likeness (QED) is 0.623. The van der Waals surface area contributed by atoms with Gasteiger partial charge in [0.15, 0.2) is 0 Å². The second-order valence-electron chi connectivity index (χ2n) is 7.07. The number of nitrogens with zero attached hydrogens (tertiary/aromatic N) is 4. The summed E-state index contributed by atoms with van der Waals surface area (Å²) >= 11 is 0. The maximum atomic E-state index is 12.8. The molecular formula is C22H22N4O2. The van der Waals surface area contributed by atoms with Crippen molar-refractivity contribution in [2.75, 3.05) is 7.05 Å². The third kappa shape index (κ3) is 3.73. The Hall–Kier alpha value is -3.25. The molecule has 0 unspecified atom stereocenters. The SMILES string of the molecule is CN(Cc1cnn(-c2ccccc2)c1)[C@@H]1CC(=O)N(Cc2ccccc2)C1=O. The molecule has 4 rings (SSSR count). The van der Waals surface area contributed by atoms with Gasteiger partial charge in [0.05, 0.1) is 30.9 Å². The number of imide groups is 1. The molecule has 1 aromatic heterocycles. The molecule has 6 nitrogen and oxygen atoms in total. The molecule has 0 saturated carbocycles. The fourth-order valence-corrected chi connectivity index (χ4v) is 3.50. The normalized spacial score (nSPS) is 16.9. The van der Waals surface area contributed by atoms with E-state index in [1.54, 1.807) is 6.20 Å². The summed E-state index contributed by atoms with van der Waals surface area (Å²) in [5.41, 5.74) is 2.93. The maximum Gasteiger partial charge on any atom is 0.247 e. The highest BCUT2D eigenvalue weighted by Crippen LogP contribution is 2.22. The summed E-state index contributed by atoms with van der Waals surface area (Å²) in [6.07, 6.45) is 3.97. The highest BCUT2D eigenvalue weighted by Gasteiger charge is 2.40. The minimum absolute atomic E-state index is 0.120. The molecule has 0 N–H and O–H groups in total. The highest BCUT2D eigenvalue weighted by molar-refractivity contribution is 6.05. The smallest absolute Gasteiger partial charge is 0.247 e. The first kappa shape index (κ1) is 18.1. The molecule has 0 aliphatic carbocycles. The Kier molecular flexibility index (Phi) is 5.04. The number of hydrogen-bond acceptors (Lipinski definition) is 4. The molecule has 2 heterocycles. The minimum Gasteiger partial charge on any atom is -0.290 e.